The molecule has 4 nitrogen and oxygen atoms in total. The lowest BCUT2D eigenvalue weighted by atomic mass is 10.4. The van der Waals surface area contributed by atoms with Gasteiger partial charge in [0, 0.05) is 25.4 Å². The number of hydrogen-bond donors (Lipinski definition) is 0. The van der Waals surface area contributed by atoms with Crippen molar-refractivity contribution >= 4 is 35.1 Å². The lowest BCUT2D eigenvalue weighted by Gasteiger charge is -2.15. The summed E-state index contributed by atoms with van der Waals surface area (Å²) >= 11 is 6.79. The van der Waals surface area contributed by atoms with Gasteiger partial charge >= 0.3 is 0 Å². The topological polar surface area (TPSA) is 32.8 Å². The van der Waals surface area contributed by atoms with Crippen LogP contribution in [0.4, 0.5) is 0 Å². The summed E-state index contributed by atoms with van der Waals surface area (Å²) < 4.78 is 5.30. The first-order chi connectivity index (χ1) is 8.67. The van der Waals surface area contributed by atoms with Crippen LogP contribution in [0.2, 0.25) is 0 Å². The zero-order chi connectivity index (χ0) is 13.1. The summed E-state index contributed by atoms with van der Waals surface area (Å²) in [6.07, 6.45) is 3.66. The molecule has 0 aromatic carbocycles. The van der Waals surface area contributed by atoms with Crippen LogP contribution in [0.1, 0.15) is 13.8 Å². The van der Waals surface area contributed by atoms with Crippen molar-refractivity contribution < 1.29 is 9.53 Å². The number of carbonyl (C=O) groups excluding carboxylic acids is 1. The van der Waals surface area contributed by atoms with Crippen molar-refractivity contribution in [3.8, 4) is 0 Å². The van der Waals surface area contributed by atoms with Gasteiger partial charge in [0.05, 0.1) is 5.03 Å². The molecule has 2 rings (SSSR count). The van der Waals surface area contributed by atoms with Gasteiger partial charge in [-0.1, -0.05) is 0 Å². The van der Waals surface area contributed by atoms with E-state index >= 15 is 0 Å². The summed E-state index contributed by atoms with van der Waals surface area (Å²) in [6, 6.07) is 0. The molecule has 0 aliphatic carbocycles. The van der Waals surface area contributed by atoms with Crippen LogP contribution in [0.15, 0.2) is 22.9 Å². The number of ether oxygens (including phenoxy) is 1. The number of hydrogen-bond acceptors (Lipinski definition) is 5. The number of carbonyl (C=O) groups is 1. The van der Waals surface area contributed by atoms with Crippen LogP contribution < -0.4 is 0 Å². The van der Waals surface area contributed by atoms with Gasteiger partial charge in [-0.15, -0.1) is 11.8 Å². The number of rotatable bonds is 3. The summed E-state index contributed by atoms with van der Waals surface area (Å²) in [5, 5.41) is 1.43. The molecule has 98 valence electrons. The molecule has 6 heteroatoms. The SMILES string of the molecule is CCN1C(=O)/C(=C\C=C2/SCCN2CC)OC1=S. The Kier molecular flexibility index (Phi) is 4.29. The fourth-order valence-corrected chi connectivity index (χ4v) is 3.25. The lowest BCUT2D eigenvalue weighted by molar-refractivity contribution is -0.122. The smallest absolute Gasteiger partial charge is 0.297 e. The minimum atomic E-state index is -0.148. The van der Waals surface area contributed by atoms with E-state index in [1.165, 1.54) is 9.93 Å². The van der Waals surface area contributed by atoms with Crippen LogP contribution in [0.3, 0.4) is 0 Å². The molecule has 0 radical (unpaired) electrons. The Bertz CT molecular complexity index is 432. The van der Waals surface area contributed by atoms with Gasteiger partial charge in [-0.2, -0.15) is 0 Å². The number of allylic oxidation sites excluding steroid dienone is 2. The molecular formula is C12H16N2O2S2. The number of thioether (sulfide) groups is 1. The summed E-state index contributed by atoms with van der Waals surface area (Å²) in [5.74, 6) is 1.26. The summed E-state index contributed by atoms with van der Waals surface area (Å²) in [6.45, 7) is 6.58. The molecule has 2 heterocycles. The van der Waals surface area contributed by atoms with Gasteiger partial charge in [-0.05, 0) is 38.2 Å². The van der Waals surface area contributed by atoms with Gasteiger partial charge in [0.15, 0.2) is 5.76 Å². The van der Waals surface area contributed by atoms with E-state index in [4.69, 9.17) is 17.0 Å². The minimum absolute atomic E-state index is 0.148. The molecule has 0 unspecified atom stereocenters. The van der Waals surface area contributed by atoms with Gasteiger partial charge in [0.2, 0.25) is 0 Å². The van der Waals surface area contributed by atoms with Crippen molar-refractivity contribution in [2.45, 2.75) is 13.8 Å². The predicted molar refractivity (Wildman–Crippen MR) is 76.9 cm³/mol. The first kappa shape index (κ1) is 13.4. The van der Waals surface area contributed by atoms with Crippen LogP contribution in [0.5, 0.6) is 0 Å². The van der Waals surface area contributed by atoms with Crippen molar-refractivity contribution in [2.75, 3.05) is 25.4 Å². The standard InChI is InChI=1S/C12H16N2O2S2/c1-3-13-7-8-18-10(13)6-5-9-11(15)14(4-2)12(17)16-9/h5-6H,3-4,7-8H2,1-2H3/b9-5+,10-6-. The number of thiocarbonyl (C=S) groups is 1. The van der Waals surface area contributed by atoms with Crippen molar-refractivity contribution in [3.63, 3.8) is 0 Å². The predicted octanol–water partition coefficient (Wildman–Crippen LogP) is 1.94. The molecule has 2 aliphatic rings. The molecule has 0 bridgehead atoms. The largest absolute Gasteiger partial charge is 0.426 e. The molecular weight excluding hydrogens is 268 g/mol. The van der Waals surface area contributed by atoms with E-state index in [2.05, 4.69) is 11.8 Å². The number of amides is 1. The zero-order valence-electron chi connectivity index (χ0n) is 10.5. The molecule has 0 N–H and O–H groups in total. The Balaban J connectivity index is 2.13. The summed E-state index contributed by atoms with van der Waals surface area (Å²) in [5.41, 5.74) is 0. The highest BCUT2D eigenvalue weighted by atomic mass is 32.2. The van der Waals surface area contributed by atoms with Gasteiger partial charge in [0.1, 0.15) is 0 Å². The Morgan fingerprint density at radius 2 is 2.17 bits per heavy atom. The van der Waals surface area contributed by atoms with E-state index in [1.54, 1.807) is 17.8 Å². The van der Waals surface area contributed by atoms with Crippen LogP contribution in [-0.4, -0.2) is 46.3 Å². The third-order valence-corrected chi connectivity index (χ3v) is 4.25. The Hall–Kier alpha value is -1.01. The molecule has 18 heavy (non-hydrogen) atoms. The lowest BCUT2D eigenvalue weighted by Crippen LogP contribution is -2.27. The molecule has 1 amide bonds. The molecule has 2 fully saturated rings. The van der Waals surface area contributed by atoms with Crippen molar-refractivity contribution in [2.24, 2.45) is 0 Å². The van der Waals surface area contributed by atoms with Crippen molar-refractivity contribution in [3.05, 3.63) is 22.9 Å². The molecule has 2 aliphatic heterocycles. The van der Waals surface area contributed by atoms with E-state index in [0.29, 0.717) is 12.3 Å². The third kappa shape index (κ3) is 2.54. The first-order valence-corrected chi connectivity index (χ1v) is 7.40. The number of likely N-dealkylation sites (N-methyl/N-ethyl adjacent to an activating group) is 1. The second-order valence-corrected chi connectivity index (χ2v) is 5.35. The Labute approximate surface area is 117 Å². The molecule has 0 saturated carbocycles. The second-order valence-electron chi connectivity index (χ2n) is 3.88. The van der Waals surface area contributed by atoms with Gasteiger partial charge in [0.25, 0.3) is 11.1 Å². The Morgan fingerprint density at radius 3 is 2.78 bits per heavy atom. The summed E-state index contributed by atoms with van der Waals surface area (Å²) in [4.78, 5) is 15.6. The minimum Gasteiger partial charge on any atom is -0.426 e. The second kappa shape index (κ2) is 5.75. The third-order valence-electron chi connectivity index (χ3n) is 2.87. The summed E-state index contributed by atoms with van der Waals surface area (Å²) in [7, 11) is 0. The van der Waals surface area contributed by atoms with E-state index in [-0.39, 0.29) is 11.1 Å². The number of nitrogens with zero attached hydrogens (tertiary/aromatic N) is 2. The molecule has 0 spiro atoms. The van der Waals surface area contributed by atoms with E-state index in [0.717, 1.165) is 18.8 Å². The average Bonchev–Trinajstić information content (AvgIpc) is 2.91. The van der Waals surface area contributed by atoms with Crippen molar-refractivity contribution in [1.29, 1.82) is 0 Å². The maximum Gasteiger partial charge on any atom is 0.297 e. The van der Waals surface area contributed by atoms with Crippen LogP contribution >= 0.6 is 24.0 Å². The van der Waals surface area contributed by atoms with E-state index < -0.39 is 0 Å². The normalized spacial score (nSPS) is 24.6. The molecule has 0 aromatic rings. The Morgan fingerprint density at radius 1 is 1.39 bits per heavy atom. The van der Waals surface area contributed by atoms with Gasteiger partial charge < -0.3 is 9.64 Å². The average molecular weight is 284 g/mol. The van der Waals surface area contributed by atoms with Gasteiger partial charge in [-0.25, -0.2) is 0 Å². The quantitative estimate of drug-likeness (QED) is 0.584. The molecule has 2 saturated heterocycles. The maximum atomic E-state index is 11.9. The highest BCUT2D eigenvalue weighted by molar-refractivity contribution is 8.03. The fourth-order valence-electron chi connectivity index (χ4n) is 1.86. The van der Waals surface area contributed by atoms with E-state index in [9.17, 15) is 4.79 Å². The van der Waals surface area contributed by atoms with Gasteiger partial charge in [-0.3, -0.25) is 9.69 Å². The van der Waals surface area contributed by atoms with Crippen LogP contribution in [-0.2, 0) is 9.53 Å². The van der Waals surface area contributed by atoms with E-state index in [1.807, 2.05) is 13.0 Å². The molecule has 0 atom stereocenters. The highest BCUT2D eigenvalue weighted by Crippen LogP contribution is 2.27. The van der Waals surface area contributed by atoms with Crippen LogP contribution in [0.25, 0.3) is 0 Å². The zero-order valence-corrected chi connectivity index (χ0v) is 12.1. The highest BCUT2D eigenvalue weighted by Gasteiger charge is 2.31. The molecule has 0 aromatic heterocycles. The first-order valence-electron chi connectivity index (χ1n) is 6.00. The monoisotopic (exact) mass is 284 g/mol. The fraction of sp³-hybridized carbons (Fsp3) is 0.500. The van der Waals surface area contributed by atoms with Crippen LogP contribution in [0, 0.1) is 0 Å². The maximum absolute atomic E-state index is 11.9. The van der Waals surface area contributed by atoms with Crippen molar-refractivity contribution in [1.82, 2.24) is 9.80 Å².